The third-order valence-electron chi connectivity index (χ3n) is 4.28. The number of benzene rings is 1. The molecule has 1 aliphatic heterocycles. The molecule has 132 valence electrons. The molecule has 1 aromatic carbocycles. The first-order chi connectivity index (χ1) is 12.8. The van der Waals surface area contributed by atoms with E-state index >= 15 is 0 Å². The van der Waals surface area contributed by atoms with E-state index in [1.165, 1.54) is 17.3 Å². The fourth-order valence-corrected chi connectivity index (χ4v) is 2.94. The summed E-state index contributed by atoms with van der Waals surface area (Å²) in [6.45, 7) is 1.29. The number of rotatable bonds is 4. The Labute approximate surface area is 149 Å². The van der Waals surface area contributed by atoms with E-state index in [1.54, 1.807) is 24.4 Å². The number of ether oxygens (including phenoxy) is 1. The first-order valence-corrected chi connectivity index (χ1v) is 8.35. The first kappa shape index (κ1) is 16.1. The monoisotopic (exact) mass is 351 g/mol. The Bertz CT molecular complexity index is 862. The van der Waals surface area contributed by atoms with Crippen molar-refractivity contribution >= 4 is 5.91 Å². The lowest BCUT2D eigenvalue weighted by molar-refractivity contribution is 0.0587. The Morgan fingerprint density at radius 1 is 1.19 bits per heavy atom. The van der Waals surface area contributed by atoms with Gasteiger partial charge in [-0.3, -0.25) is 4.79 Å². The van der Waals surface area contributed by atoms with E-state index in [2.05, 4.69) is 25.5 Å². The van der Waals surface area contributed by atoms with Crippen molar-refractivity contribution in [3.63, 3.8) is 0 Å². The molecule has 1 saturated heterocycles. The zero-order valence-corrected chi connectivity index (χ0v) is 14.0. The van der Waals surface area contributed by atoms with Gasteiger partial charge in [0.25, 0.3) is 5.91 Å². The van der Waals surface area contributed by atoms with E-state index < -0.39 is 0 Å². The predicted octanol–water partition coefficient (Wildman–Crippen LogP) is 1.14. The van der Waals surface area contributed by atoms with Gasteiger partial charge in [-0.15, -0.1) is 5.10 Å². The maximum absolute atomic E-state index is 12.8. The third kappa shape index (κ3) is 3.51. The maximum Gasteiger partial charge on any atom is 0.253 e. The Morgan fingerprint density at radius 2 is 2.08 bits per heavy atom. The third-order valence-corrected chi connectivity index (χ3v) is 4.28. The number of piperidine rings is 1. The van der Waals surface area contributed by atoms with Gasteiger partial charge in [0.15, 0.2) is 0 Å². The lowest BCUT2D eigenvalue weighted by atomic mass is 10.1. The standard InChI is InChI=1S/C17H17N7O2/c25-17(13-2-1-3-14(10-13)24-12-20-21-22-24)23-8-5-15(6-9-23)26-16-4-7-18-11-19-16/h1-4,7,10-12,15H,5-6,8-9H2. The van der Waals surface area contributed by atoms with Crippen LogP contribution in [-0.2, 0) is 0 Å². The highest BCUT2D eigenvalue weighted by molar-refractivity contribution is 5.94. The molecule has 0 spiro atoms. The molecule has 2 aromatic heterocycles. The van der Waals surface area contributed by atoms with E-state index in [-0.39, 0.29) is 12.0 Å². The molecule has 9 nitrogen and oxygen atoms in total. The lowest BCUT2D eigenvalue weighted by Gasteiger charge is -2.32. The summed E-state index contributed by atoms with van der Waals surface area (Å²) >= 11 is 0. The Balaban J connectivity index is 1.39. The van der Waals surface area contributed by atoms with Crippen LogP contribution in [0.15, 0.2) is 49.2 Å². The molecule has 4 rings (SSSR count). The van der Waals surface area contributed by atoms with Gasteiger partial charge in [-0.1, -0.05) is 6.07 Å². The summed E-state index contributed by atoms with van der Waals surface area (Å²) < 4.78 is 7.37. The van der Waals surface area contributed by atoms with Crippen molar-refractivity contribution in [2.45, 2.75) is 18.9 Å². The molecule has 9 heteroatoms. The second-order valence-corrected chi connectivity index (χ2v) is 5.96. The van der Waals surface area contributed by atoms with Gasteiger partial charge < -0.3 is 9.64 Å². The van der Waals surface area contributed by atoms with Crippen molar-refractivity contribution in [1.29, 1.82) is 0 Å². The summed E-state index contributed by atoms with van der Waals surface area (Å²) in [4.78, 5) is 22.6. The van der Waals surface area contributed by atoms with Gasteiger partial charge in [-0.25, -0.2) is 14.6 Å². The summed E-state index contributed by atoms with van der Waals surface area (Å²) in [5.74, 6) is 0.569. The van der Waals surface area contributed by atoms with Gasteiger partial charge in [0.1, 0.15) is 18.8 Å². The quantitative estimate of drug-likeness (QED) is 0.695. The Morgan fingerprint density at radius 3 is 2.81 bits per heavy atom. The highest BCUT2D eigenvalue weighted by Gasteiger charge is 2.25. The molecule has 1 fully saturated rings. The minimum atomic E-state index is 0.000380. The van der Waals surface area contributed by atoms with Crippen LogP contribution in [-0.4, -0.2) is 60.2 Å². The number of aromatic nitrogens is 6. The molecule has 0 saturated carbocycles. The van der Waals surface area contributed by atoms with Crippen molar-refractivity contribution in [3.8, 4) is 11.6 Å². The van der Waals surface area contributed by atoms with Gasteiger partial charge in [0, 0.05) is 43.8 Å². The SMILES string of the molecule is O=C(c1cccc(-n2cnnn2)c1)N1CCC(Oc2ccncn2)CC1. The minimum absolute atomic E-state index is 0.000380. The summed E-state index contributed by atoms with van der Waals surface area (Å²) in [6.07, 6.45) is 6.20. The molecule has 26 heavy (non-hydrogen) atoms. The van der Waals surface area contributed by atoms with Gasteiger partial charge in [-0.05, 0) is 28.6 Å². The van der Waals surface area contributed by atoms with Crippen molar-refractivity contribution in [1.82, 2.24) is 35.1 Å². The first-order valence-electron chi connectivity index (χ1n) is 8.35. The predicted molar refractivity (Wildman–Crippen MR) is 90.7 cm³/mol. The van der Waals surface area contributed by atoms with E-state index in [4.69, 9.17) is 4.74 Å². The number of carbonyl (C=O) groups is 1. The van der Waals surface area contributed by atoms with Crippen LogP contribution in [0.2, 0.25) is 0 Å². The van der Waals surface area contributed by atoms with Crippen LogP contribution in [0.1, 0.15) is 23.2 Å². The Kier molecular flexibility index (Phi) is 4.50. The molecule has 3 aromatic rings. The Hall–Kier alpha value is -3.36. The van der Waals surface area contributed by atoms with Gasteiger partial charge in [0.05, 0.1) is 5.69 Å². The highest BCUT2D eigenvalue weighted by Crippen LogP contribution is 2.19. The lowest BCUT2D eigenvalue weighted by Crippen LogP contribution is -2.41. The molecule has 0 unspecified atom stereocenters. The summed E-state index contributed by atoms with van der Waals surface area (Å²) in [5, 5.41) is 11.1. The van der Waals surface area contributed by atoms with E-state index in [0.717, 1.165) is 18.5 Å². The molecule has 0 atom stereocenters. The average molecular weight is 351 g/mol. The molecule has 1 aliphatic rings. The fraction of sp³-hybridized carbons (Fsp3) is 0.294. The number of likely N-dealkylation sites (tertiary alicyclic amines) is 1. The number of carbonyl (C=O) groups excluding carboxylic acids is 1. The van der Waals surface area contributed by atoms with Gasteiger partial charge >= 0.3 is 0 Å². The zero-order valence-electron chi connectivity index (χ0n) is 14.0. The molecule has 0 radical (unpaired) electrons. The molecule has 1 amide bonds. The van der Waals surface area contributed by atoms with Crippen LogP contribution < -0.4 is 4.74 Å². The largest absolute Gasteiger partial charge is 0.474 e. The molecule has 0 aliphatic carbocycles. The number of tetrazole rings is 1. The van der Waals surface area contributed by atoms with E-state index in [9.17, 15) is 4.79 Å². The summed E-state index contributed by atoms with van der Waals surface area (Å²) in [6, 6.07) is 9.02. The smallest absolute Gasteiger partial charge is 0.253 e. The number of nitrogens with zero attached hydrogens (tertiary/aromatic N) is 7. The van der Waals surface area contributed by atoms with Crippen molar-refractivity contribution < 1.29 is 9.53 Å². The fourth-order valence-electron chi connectivity index (χ4n) is 2.94. The van der Waals surface area contributed by atoms with Crippen LogP contribution >= 0.6 is 0 Å². The maximum atomic E-state index is 12.8. The van der Waals surface area contributed by atoms with E-state index in [1.807, 2.05) is 17.0 Å². The number of hydrogen-bond donors (Lipinski definition) is 0. The molecule has 0 bridgehead atoms. The average Bonchev–Trinajstić information content (AvgIpc) is 3.24. The summed E-state index contributed by atoms with van der Waals surface area (Å²) in [7, 11) is 0. The topological polar surface area (TPSA) is 98.9 Å². The normalized spacial score (nSPS) is 15.0. The molecule has 3 heterocycles. The van der Waals surface area contributed by atoms with Crippen LogP contribution in [0, 0.1) is 0 Å². The van der Waals surface area contributed by atoms with Crippen LogP contribution in [0.4, 0.5) is 0 Å². The van der Waals surface area contributed by atoms with Gasteiger partial charge in [0.2, 0.25) is 5.88 Å². The minimum Gasteiger partial charge on any atom is -0.474 e. The molecular weight excluding hydrogens is 334 g/mol. The molecular formula is C17H17N7O2. The zero-order chi connectivity index (χ0) is 17.8. The van der Waals surface area contributed by atoms with Crippen molar-refractivity contribution in [3.05, 3.63) is 54.7 Å². The summed E-state index contributed by atoms with van der Waals surface area (Å²) in [5.41, 5.74) is 1.37. The van der Waals surface area contributed by atoms with Crippen molar-refractivity contribution in [2.24, 2.45) is 0 Å². The highest BCUT2D eigenvalue weighted by atomic mass is 16.5. The number of amides is 1. The van der Waals surface area contributed by atoms with E-state index in [0.29, 0.717) is 24.5 Å². The molecule has 0 N–H and O–H groups in total. The van der Waals surface area contributed by atoms with Crippen LogP contribution in [0.5, 0.6) is 5.88 Å². The second-order valence-electron chi connectivity index (χ2n) is 5.96. The number of hydrogen-bond acceptors (Lipinski definition) is 7. The van der Waals surface area contributed by atoms with Crippen molar-refractivity contribution in [2.75, 3.05) is 13.1 Å². The van der Waals surface area contributed by atoms with Crippen LogP contribution in [0.3, 0.4) is 0 Å². The van der Waals surface area contributed by atoms with Gasteiger partial charge in [-0.2, -0.15) is 0 Å². The second kappa shape index (κ2) is 7.26. The van der Waals surface area contributed by atoms with Crippen LogP contribution in [0.25, 0.3) is 5.69 Å².